The summed E-state index contributed by atoms with van der Waals surface area (Å²) in [6, 6.07) is 15.8. The van der Waals surface area contributed by atoms with Crippen molar-refractivity contribution in [2.75, 3.05) is 0 Å². The Kier molecular flexibility index (Phi) is 5.48. The Morgan fingerprint density at radius 3 is 2.61 bits per heavy atom. The maximum absolute atomic E-state index is 14.9. The molecular formula is C22H17FN6O2. The quantitative estimate of drug-likeness (QED) is 0.472. The van der Waals surface area contributed by atoms with E-state index < -0.39 is 5.82 Å². The zero-order valence-electron chi connectivity index (χ0n) is 16.2. The molecule has 0 aliphatic heterocycles. The van der Waals surface area contributed by atoms with Gasteiger partial charge >= 0.3 is 0 Å². The van der Waals surface area contributed by atoms with Gasteiger partial charge in [0.1, 0.15) is 5.69 Å². The van der Waals surface area contributed by atoms with Crippen molar-refractivity contribution >= 4 is 17.6 Å². The lowest BCUT2D eigenvalue weighted by molar-refractivity contribution is 0.605. The molecule has 0 unspecified atom stereocenters. The van der Waals surface area contributed by atoms with Gasteiger partial charge < -0.3 is 5.41 Å². The van der Waals surface area contributed by atoms with Crippen molar-refractivity contribution in [2.45, 2.75) is 6.42 Å². The van der Waals surface area contributed by atoms with E-state index in [1.54, 1.807) is 18.2 Å². The summed E-state index contributed by atoms with van der Waals surface area (Å²) < 4.78 is 17.3. The lowest BCUT2D eigenvalue weighted by Gasteiger charge is -2.11. The normalized spacial score (nSPS) is 11.5. The predicted molar refractivity (Wildman–Crippen MR) is 116 cm³/mol. The molecule has 31 heavy (non-hydrogen) atoms. The first-order valence-corrected chi connectivity index (χ1v) is 9.35. The van der Waals surface area contributed by atoms with E-state index in [0.717, 1.165) is 6.21 Å². The fraction of sp³-hybridized carbons (Fsp3) is 0.0455. The Hall–Kier alpha value is -4.40. The number of aliphatic imine (C=N–C) groups is 1. The molecule has 0 saturated carbocycles. The highest BCUT2D eigenvalue weighted by atomic mass is 19.1. The number of nitrogens with one attached hydrogen (secondary N) is 2. The van der Waals surface area contributed by atoms with E-state index in [-0.39, 0.29) is 28.8 Å². The molecular weight excluding hydrogens is 399 g/mol. The molecule has 0 aliphatic carbocycles. The van der Waals surface area contributed by atoms with Gasteiger partial charge in [-0.05, 0) is 24.3 Å². The van der Waals surface area contributed by atoms with Crippen LogP contribution < -0.4 is 11.0 Å². The molecule has 0 fully saturated rings. The first-order valence-electron chi connectivity index (χ1n) is 9.35. The second-order valence-corrected chi connectivity index (χ2v) is 6.55. The molecule has 0 spiro atoms. The molecule has 2 aromatic heterocycles. The molecule has 0 aliphatic rings. The SMILES string of the molecule is N=CCC(=Nc1ccccc1)c1nn(-c2ccc(-n3[nH]ccc3=O)cc2F)ccc1=O. The van der Waals surface area contributed by atoms with E-state index >= 15 is 0 Å². The van der Waals surface area contributed by atoms with Crippen LogP contribution in [-0.4, -0.2) is 31.5 Å². The molecule has 0 radical (unpaired) electrons. The molecule has 0 saturated heterocycles. The summed E-state index contributed by atoms with van der Waals surface area (Å²) in [4.78, 5) is 28.7. The molecule has 154 valence electrons. The minimum absolute atomic E-state index is 0.0268. The van der Waals surface area contributed by atoms with Crippen molar-refractivity contribution in [1.82, 2.24) is 19.6 Å². The molecule has 2 heterocycles. The second kappa shape index (κ2) is 8.54. The molecule has 2 N–H and O–H groups in total. The molecule has 4 aromatic rings. The fourth-order valence-corrected chi connectivity index (χ4v) is 3.04. The summed E-state index contributed by atoms with van der Waals surface area (Å²) in [6.45, 7) is 0. The van der Waals surface area contributed by atoms with Crippen LogP contribution in [0.5, 0.6) is 0 Å². The number of rotatable bonds is 6. The number of aromatic amines is 1. The number of hydrogen-bond donors (Lipinski definition) is 2. The van der Waals surface area contributed by atoms with E-state index in [1.807, 2.05) is 18.2 Å². The summed E-state index contributed by atoms with van der Waals surface area (Å²) in [5.74, 6) is -0.630. The number of para-hydroxylation sites is 1. The lowest BCUT2D eigenvalue weighted by atomic mass is 10.2. The van der Waals surface area contributed by atoms with E-state index in [1.165, 1.54) is 46.0 Å². The zero-order chi connectivity index (χ0) is 21.8. The van der Waals surface area contributed by atoms with Crippen molar-refractivity contribution in [3.8, 4) is 11.4 Å². The number of halogens is 1. The average molecular weight is 416 g/mol. The third-order valence-corrected chi connectivity index (χ3v) is 4.48. The monoisotopic (exact) mass is 416 g/mol. The van der Waals surface area contributed by atoms with Crippen LogP contribution in [0.25, 0.3) is 11.4 Å². The molecule has 0 bridgehead atoms. The Morgan fingerprint density at radius 2 is 1.94 bits per heavy atom. The van der Waals surface area contributed by atoms with Crippen LogP contribution in [-0.2, 0) is 0 Å². The summed E-state index contributed by atoms with van der Waals surface area (Å²) in [5, 5.41) is 14.4. The van der Waals surface area contributed by atoms with Gasteiger partial charge in [-0.2, -0.15) is 5.10 Å². The van der Waals surface area contributed by atoms with E-state index in [4.69, 9.17) is 5.41 Å². The highest BCUT2D eigenvalue weighted by Gasteiger charge is 2.14. The molecule has 0 atom stereocenters. The van der Waals surface area contributed by atoms with Crippen LogP contribution in [0, 0.1) is 11.2 Å². The van der Waals surface area contributed by atoms with Gasteiger partial charge in [-0.25, -0.2) is 13.8 Å². The summed E-state index contributed by atoms with van der Waals surface area (Å²) in [5.41, 5.74) is 0.663. The van der Waals surface area contributed by atoms with Gasteiger partial charge in [-0.15, -0.1) is 0 Å². The molecule has 0 amide bonds. The van der Waals surface area contributed by atoms with Crippen LogP contribution in [0.1, 0.15) is 12.1 Å². The maximum atomic E-state index is 14.9. The van der Waals surface area contributed by atoms with Crippen LogP contribution in [0.15, 0.2) is 87.6 Å². The number of aromatic nitrogens is 4. The first kappa shape index (κ1) is 19.9. The Bertz CT molecular complexity index is 1380. The molecule has 4 rings (SSSR count). The zero-order valence-corrected chi connectivity index (χ0v) is 16.2. The first-order chi connectivity index (χ1) is 15.1. The molecule has 2 aromatic carbocycles. The third-order valence-electron chi connectivity index (χ3n) is 4.48. The molecule has 9 heteroatoms. The van der Waals surface area contributed by atoms with Crippen LogP contribution in [0.4, 0.5) is 10.1 Å². The van der Waals surface area contributed by atoms with Gasteiger partial charge in [0, 0.05) is 43.2 Å². The van der Waals surface area contributed by atoms with E-state index in [2.05, 4.69) is 15.2 Å². The van der Waals surface area contributed by atoms with Crippen LogP contribution in [0.3, 0.4) is 0 Å². The topological polar surface area (TPSA) is 109 Å². The molecule has 8 nitrogen and oxygen atoms in total. The number of nitrogens with zero attached hydrogens (tertiary/aromatic N) is 4. The van der Waals surface area contributed by atoms with Crippen molar-refractivity contribution < 1.29 is 4.39 Å². The van der Waals surface area contributed by atoms with E-state index in [9.17, 15) is 14.0 Å². The highest BCUT2D eigenvalue weighted by Crippen LogP contribution is 2.17. The average Bonchev–Trinajstić information content (AvgIpc) is 3.20. The van der Waals surface area contributed by atoms with Gasteiger partial charge in [-0.3, -0.25) is 19.7 Å². The Balaban J connectivity index is 1.78. The van der Waals surface area contributed by atoms with Crippen molar-refractivity contribution in [3.63, 3.8) is 0 Å². The van der Waals surface area contributed by atoms with Crippen molar-refractivity contribution in [3.05, 3.63) is 105 Å². The fourth-order valence-electron chi connectivity index (χ4n) is 3.04. The second-order valence-electron chi connectivity index (χ2n) is 6.55. The van der Waals surface area contributed by atoms with E-state index in [0.29, 0.717) is 17.1 Å². The van der Waals surface area contributed by atoms with Crippen LogP contribution in [0.2, 0.25) is 0 Å². The Morgan fingerprint density at radius 1 is 1.13 bits per heavy atom. The van der Waals surface area contributed by atoms with Gasteiger partial charge in [-0.1, -0.05) is 18.2 Å². The van der Waals surface area contributed by atoms with Crippen LogP contribution >= 0.6 is 0 Å². The van der Waals surface area contributed by atoms with Gasteiger partial charge in [0.2, 0.25) is 5.43 Å². The smallest absolute Gasteiger partial charge is 0.271 e. The van der Waals surface area contributed by atoms with Crippen molar-refractivity contribution in [2.24, 2.45) is 4.99 Å². The minimum Gasteiger partial charge on any atom is -0.313 e. The van der Waals surface area contributed by atoms with Gasteiger partial charge in [0.15, 0.2) is 11.5 Å². The predicted octanol–water partition coefficient (Wildman–Crippen LogP) is 3.01. The largest absolute Gasteiger partial charge is 0.313 e. The minimum atomic E-state index is -0.630. The summed E-state index contributed by atoms with van der Waals surface area (Å²) in [6.07, 6.45) is 4.04. The van der Waals surface area contributed by atoms with Gasteiger partial charge in [0.05, 0.1) is 17.1 Å². The number of hydrogen-bond acceptors (Lipinski definition) is 5. The summed E-state index contributed by atoms with van der Waals surface area (Å²) >= 11 is 0. The third kappa shape index (κ3) is 4.15. The van der Waals surface area contributed by atoms with Crippen molar-refractivity contribution in [1.29, 1.82) is 5.41 Å². The standard InChI is InChI=1S/C22H17FN6O2/c23-17-14-16(29-21(31)9-12-25-29)6-7-19(17)28-13-10-20(30)22(27-28)18(8-11-24)26-15-4-2-1-3-5-15/h1-7,9-14,24-25H,8H2. The Labute approximate surface area is 175 Å². The maximum Gasteiger partial charge on any atom is 0.271 e. The lowest BCUT2D eigenvalue weighted by Crippen LogP contribution is -2.22. The summed E-state index contributed by atoms with van der Waals surface area (Å²) in [7, 11) is 0. The van der Waals surface area contributed by atoms with Gasteiger partial charge in [0.25, 0.3) is 5.56 Å². The number of H-pyrrole nitrogens is 1. The number of benzene rings is 2. The highest BCUT2D eigenvalue weighted by molar-refractivity contribution is 6.06.